The molecule has 0 aliphatic carbocycles. The van der Waals surface area contributed by atoms with Crippen LogP contribution in [0.25, 0.3) is 22.3 Å². The maximum absolute atomic E-state index is 14.8. The van der Waals surface area contributed by atoms with E-state index in [0.29, 0.717) is 46.7 Å². The van der Waals surface area contributed by atoms with Gasteiger partial charge in [0.25, 0.3) is 5.56 Å². The largest absolute Gasteiger partial charge is 0.458 e. The lowest BCUT2D eigenvalue weighted by molar-refractivity contribution is -0.157. The second-order valence-corrected chi connectivity index (χ2v) is 12.5. The second-order valence-electron chi connectivity index (χ2n) is 12.5. The van der Waals surface area contributed by atoms with Gasteiger partial charge in [-0.3, -0.25) is 14.5 Å². The summed E-state index contributed by atoms with van der Waals surface area (Å²) in [6.07, 6.45) is 3.13. The molecule has 0 spiro atoms. The van der Waals surface area contributed by atoms with E-state index in [1.807, 2.05) is 0 Å². The first-order chi connectivity index (χ1) is 23.0. The third kappa shape index (κ3) is 6.64. The number of pyridine rings is 2. The topological polar surface area (TPSA) is 190 Å². The zero-order valence-electron chi connectivity index (χ0n) is 27.1. The normalized spacial score (nSPS) is 19.1. The minimum Gasteiger partial charge on any atom is -0.458 e. The van der Waals surface area contributed by atoms with E-state index in [0.717, 1.165) is 36.9 Å². The summed E-state index contributed by atoms with van der Waals surface area (Å²) in [5.41, 5.74) is 10.2. The Morgan fingerprint density at radius 2 is 2.08 bits per heavy atom. The van der Waals surface area contributed by atoms with Crippen molar-refractivity contribution < 1.29 is 28.6 Å². The number of aliphatic hydroxyl groups is 1. The molecule has 6 rings (SSSR count). The number of ether oxygens (including phenoxy) is 2. The molecule has 256 valence electrons. The Bertz CT molecular complexity index is 1850. The fourth-order valence-electron chi connectivity index (χ4n) is 6.74. The van der Waals surface area contributed by atoms with Crippen LogP contribution in [0.4, 0.5) is 4.39 Å². The van der Waals surface area contributed by atoms with E-state index in [1.165, 1.54) is 15.6 Å². The average molecular weight is 665 g/mol. The summed E-state index contributed by atoms with van der Waals surface area (Å²) in [4.78, 5) is 44.3. The fourth-order valence-corrected chi connectivity index (χ4v) is 6.74. The number of esters is 1. The molecule has 48 heavy (non-hydrogen) atoms. The number of hydrazine groups is 1. The predicted molar refractivity (Wildman–Crippen MR) is 174 cm³/mol. The molecule has 14 nitrogen and oxygen atoms in total. The number of nitrogens with two attached hydrogens (primary N) is 2. The summed E-state index contributed by atoms with van der Waals surface area (Å²) in [6.45, 7) is 3.90. The van der Waals surface area contributed by atoms with Gasteiger partial charge >= 0.3 is 5.97 Å². The second kappa shape index (κ2) is 14.0. The van der Waals surface area contributed by atoms with Gasteiger partial charge in [-0.05, 0) is 56.6 Å². The Morgan fingerprint density at radius 3 is 2.88 bits per heavy atom. The lowest BCUT2D eigenvalue weighted by atomic mass is 9.97. The maximum atomic E-state index is 14.8. The maximum Gasteiger partial charge on any atom is 0.340 e. The van der Waals surface area contributed by atoms with Crippen LogP contribution in [-0.2, 0) is 38.8 Å². The van der Waals surface area contributed by atoms with Crippen molar-refractivity contribution in [1.29, 1.82) is 0 Å². The number of amides is 1. The number of rotatable bonds is 11. The van der Waals surface area contributed by atoms with Gasteiger partial charge < -0.3 is 40.5 Å². The van der Waals surface area contributed by atoms with Crippen molar-refractivity contribution in [2.24, 2.45) is 11.6 Å². The van der Waals surface area contributed by atoms with Gasteiger partial charge in [-0.15, -0.1) is 0 Å². The number of carbonyl (C=O) groups is 2. The van der Waals surface area contributed by atoms with E-state index >= 15 is 0 Å². The van der Waals surface area contributed by atoms with E-state index < -0.39 is 23.4 Å². The number of aryl methyl sites for hydroxylation is 1. The van der Waals surface area contributed by atoms with Gasteiger partial charge in [-0.1, -0.05) is 6.42 Å². The highest BCUT2D eigenvalue weighted by Crippen LogP contribution is 2.38. The monoisotopic (exact) mass is 664 g/mol. The van der Waals surface area contributed by atoms with Crippen LogP contribution in [0, 0.1) is 12.7 Å². The number of cyclic esters (lactones) is 1. The smallest absolute Gasteiger partial charge is 0.340 e. The number of aromatic nitrogens is 2. The molecule has 3 aromatic rings. The van der Waals surface area contributed by atoms with Crippen molar-refractivity contribution in [2.45, 2.75) is 58.0 Å². The number of likely N-dealkylation sites (N-methyl/N-ethyl adjacent to an activating group) is 1. The molecule has 1 aromatic carbocycles. The van der Waals surface area contributed by atoms with Crippen LogP contribution in [0.2, 0.25) is 0 Å². The number of benzene rings is 1. The molecule has 5 heterocycles. The molecule has 3 aliphatic heterocycles. The summed E-state index contributed by atoms with van der Waals surface area (Å²) in [6, 6.07) is 4.80. The first-order valence-corrected chi connectivity index (χ1v) is 16.0. The number of hydrogen-bond acceptors (Lipinski definition) is 12. The van der Waals surface area contributed by atoms with Crippen LogP contribution < -0.4 is 27.8 Å². The Labute approximate surface area is 276 Å². The molecule has 0 saturated carbocycles. The van der Waals surface area contributed by atoms with Crippen LogP contribution in [0.5, 0.6) is 0 Å². The predicted octanol–water partition coefficient (Wildman–Crippen LogP) is 0.603. The van der Waals surface area contributed by atoms with Crippen molar-refractivity contribution in [1.82, 2.24) is 30.1 Å². The zero-order valence-corrected chi connectivity index (χ0v) is 27.1. The van der Waals surface area contributed by atoms with Gasteiger partial charge in [-0.2, -0.15) is 0 Å². The molecule has 2 atom stereocenters. The van der Waals surface area contributed by atoms with Gasteiger partial charge in [0.15, 0.2) is 6.10 Å². The van der Waals surface area contributed by atoms with Gasteiger partial charge in [-0.25, -0.2) is 20.0 Å². The first kappa shape index (κ1) is 33.5. The van der Waals surface area contributed by atoms with Crippen molar-refractivity contribution in [3.05, 3.63) is 74.1 Å². The molecule has 1 fully saturated rings. The standard InChI is InChI=1S/C33H41FN8O6/c1-18-7-21-23(13-41(36)12-19(35)11-40-6-4-3-5-20(40)15-47-17-38-29(43)10-37-2)24-14-42-28(30(24)39-27(21)9-26(18)34)8-22-25(32(42)45)16-48-33(46)31(22)44/h7-9,12,20,31,37,44H,3-6,10-11,13-17,35-36H2,1-2H3,(H,38,43)/b19-12-. The van der Waals surface area contributed by atoms with Crippen LogP contribution in [0.15, 0.2) is 34.9 Å². The van der Waals surface area contributed by atoms with Gasteiger partial charge in [0.2, 0.25) is 5.91 Å². The number of aliphatic hydroxyl groups excluding tert-OH is 1. The quantitative estimate of drug-likeness (QED) is 0.0495. The van der Waals surface area contributed by atoms with Crippen LogP contribution >= 0.6 is 0 Å². The molecule has 2 aromatic heterocycles. The highest BCUT2D eigenvalue weighted by Gasteiger charge is 2.35. The van der Waals surface area contributed by atoms with Crippen molar-refractivity contribution >= 4 is 22.8 Å². The number of nitrogens with one attached hydrogen (secondary N) is 2. The third-order valence-electron chi connectivity index (χ3n) is 9.18. The number of halogens is 1. The molecule has 2 unspecified atom stereocenters. The zero-order chi connectivity index (χ0) is 34.1. The average Bonchev–Trinajstić information content (AvgIpc) is 3.41. The molecular weight excluding hydrogens is 623 g/mol. The van der Waals surface area contributed by atoms with Crippen LogP contribution in [0.1, 0.15) is 53.2 Å². The molecule has 15 heteroatoms. The molecular formula is C33H41FN8O6. The Kier molecular flexibility index (Phi) is 9.75. The van der Waals surface area contributed by atoms with Crippen molar-refractivity contribution in [3.8, 4) is 11.4 Å². The van der Waals surface area contributed by atoms with E-state index in [-0.39, 0.29) is 56.0 Å². The van der Waals surface area contributed by atoms with E-state index in [4.69, 9.17) is 26.0 Å². The number of hydrogen-bond donors (Lipinski definition) is 5. The Balaban J connectivity index is 1.25. The lowest BCUT2D eigenvalue weighted by Crippen LogP contribution is -2.45. The minimum absolute atomic E-state index is 0.130. The fraction of sp³-hybridized carbons (Fsp3) is 0.455. The van der Waals surface area contributed by atoms with Crippen molar-refractivity contribution in [3.63, 3.8) is 0 Å². The number of nitrogens with zero attached hydrogens (tertiary/aromatic N) is 4. The summed E-state index contributed by atoms with van der Waals surface area (Å²) in [7, 11) is 1.70. The van der Waals surface area contributed by atoms with E-state index in [9.17, 15) is 23.9 Å². The van der Waals surface area contributed by atoms with Crippen molar-refractivity contribution in [2.75, 3.05) is 40.0 Å². The highest BCUT2D eigenvalue weighted by atomic mass is 19.1. The lowest BCUT2D eigenvalue weighted by Gasteiger charge is -2.35. The van der Waals surface area contributed by atoms with Gasteiger partial charge in [0, 0.05) is 47.1 Å². The SMILES string of the molecule is CNCC(=O)NCOCC1CCCCN1C/C(N)=C/N(N)Cc1c2c(nc3cc(F)c(C)cc13)-c1cc3c(c(=O)n1C2)COC(=O)C3O. The summed E-state index contributed by atoms with van der Waals surface area (Å²) in [5, 5.41) is 18.2. The van der Waals surface area contributed by atoms with Gasteiger partial charge in [0.1, 0.15) is 19.2 Å². The third-order valence-corrected chi connectivity index (χ3v) is 9.18. The number of piperidine rings is 1. The van der Waals surface area contributed by atoms with Crippen LogP contribution in [0.3, 0.4) is 0 Å². The van der Waals surface area contributed by atoms with E-state index in [2.05, 4.69) is 15.5 Å². The molecule has 1 saturated heterocycles. The van der Waals surface area contributed by atoms with Gasteiger partial charge in [0.05, 0.1) is 48.7 Å². The Morgan fingerprint density at radius 1 is 1.27 bits per heavy atom. The minimum atomic E-state index is -1.58. The van der Waals surface area contributed by atoms with Crippen LogP contribution in [-0.4, -0.2) is 82.5 Å². The number of likely N-dealkylation sites (tertiary alicyclic amines) is 1. The number of fused-ring (bicyclic) bond motifs is 5. The summed E-state index contributed by atoms with van der Waals surface area (Å²) in [5.74, 6) is 5.17. The molecule has 0 radical (unpaired) electrons. The highest BCUT2D eigenvalue weighted by molar-refractivity contribution is 5.89. The number of carbonyl (C=O) groups excluding carboxylic acids is 2. The summed E-state index contributed by atoms with van der Waals surface area (Å²) < 4.78 is 27.1. The Hall–Kier alpha value is -4.41. The molecule has 0 bridgehead atoms. The molecule has 1 amide bonds. The molecule has 7 N–H and O–H groups in total. The van der Waals surface area contributed by atoms with E-state index in [1.54, 1.807) is 32.3 Å². The molecule has 3 aliphatic rings. The first-order valence-electron chi connectivity index (χ1n) is 16.0. The summed E-state index contributed by atoms with van der Waals surface area (Å²) >= 11 is 0.